The van der Waals surface area contributed by atoms with Crippen LogP contribution in [0, 0.1) is 6.92 Å². The van der Waals surface area contributed by atoms with E-state index in [0.717, 1.165) is 34.6 Å². The maximum Gasteiger partial charge on any atom is 0.252 e. The van der Waals surface area contributed by atoms with Crippen molar-refractivity contribution >= 4 is 5.91 Å². The first-order chi connectivity index (χ1) is 12.4. The summed E-state index contributed by atoms with van der Waals surface area (Å²) in [6.07, 6.45) is 0.810. The highest BCUT2D eigenvalue weighted by Gasteiger charge is 2.19. The van der Waals surface area contributed by atoms with Gasteiger partial charge in [-0.05, 0) is 60.2 Å². The summed E-state index contributed by atoms with van der Waals surface area (Å²) >= 11 is 0. The highest BCUT2D eigenvalue weighted by Crippen LogP contribution is 2.30. The smallest absolute Gasteiger partial charge is 0.252 e. The van der Waals surface area contributed by atoms with E-state index in [0.29, 0.717) is 5.56 Å². The summed E-state index contributed by atoms with van der Waals surface area (Å²) in [5.41, 5.74) is 3.72. The van der Waals surface area contributed by atoms with Crippen molar-refractivity contribution in [2.45, 2.75) is 46.1 Å². The van der Waals surface area contributed by atoms with Crippen LogP contribution in [-0.4, -0.2) is 20.1 Å². The fourth-order valence-electron chi connectivity index (χ4n) is 3.06. The van der Waals surface area contributed by atoms with Crippen LogP contribution in [0.1, 0.15) is 66.2 Å². The van der Waals surface area contributed by atoms with Crippen molar-refractivity contribution in [2.24, 2.45) is 0 Å². The Morgan fingerprint density at radius 2 is 1.73 bits per heavy atom. The molecule has 0 aromatic heterocycles. The molecule has 4 heteroatoms. The fraction of sp³-hybridized carbons (Fsp3) is 0.409. The molecule has 0 radical (unpaired) electrons. The summed E-state index contributed by atoms with van der Waals surface area (Å²) in [5.74, 6) is 1.86. The van der Waals surface area contributed by atoms with E-state index in [1.807, 2.05) is 43.3 Å². The summed E-state index contributed by atoms with van der Waals surface area (Å²) in [7, 11) is 3.31. The van der Waals surface area contributed by atoms with Crippen LogP contribution in [-0.2, 0) is 0 Å². The van der Waals surface area contributed by atoms with E-state index in [9.17, 15) is 4.79 Å². The molecule has 0 unspecified atom stereocenters. The Bertz CT molecular complexity index is 751. The number of hydrogen-bond donors (Lipinski definition) is 1. The zero-order valence-electron chi connectivity index (χ0n) is 16.6. The zero-order valence-corrected chi connectivity index (χ0v) is 16.6. The molecule has 140 valence electrons. The molecule has 1 amide bonds. The van der Waals surface area contributed by atoms with Gasteiger partial charge >= 0.3 is 0 Å². The molecule has 0 bridgehead atoms. The number of nitrogens with one attached hydrogen (secondary N) is 1. The van der Waals surface area contributed by atoms with Crippen molar-refractivity contribution < 1.29 is 14.3 Å². The number of benzene rings is 2. The van der Waals surface area contributed by atoms with E-state index >= 15 is 0 Å². The predicted octanol–water partition coefficient (Wildman–Crippen LogP) is 5.02. The van der Waals surface area contributed by atoms with Crippen LogP contribution >= 0.6 is 0 Å². The third kappa shape index (κ3) is 4.37. The molecule has 0 aliphatic carbocycles. The third-order valence-corrected chi connectivity index (χ3v) is 4.68. The minimum Gasteiger partial charge on any atom is -0.497 e. The lowest BCUT2D eigenvalue weighted by Crippen LogP contribution is -2.29. The normalized spacial score (nSPS) is 12.0. The van der Waals surface area contributed by atoms with E-state index in [4.69, 9.17) is 9.47 Å². The molecule has 0 saturated heterocycles. The summed E-state index contributed by atoms with van der Waals surface area (Å²) in [5, 5.41) is 3.16. The standard InChI is InChI=1S/C22H29NO3/c1-7-20(16-8-10-17(25-5)11-9-16)23-22(24)19-13-18(14(2)3)21(26-6)12-15(19)4/h8-14,20H,7H2,1-6H3,(H,23,24)/t20-/m0/s1. The van der Waals surface area contributed by atoms with Crippen molar-refractivity contribution in [3.05, 3.63) is 58.7 Å². The Labute approximate surface area is 156 Å². The van der Waals surface area contributed by atoms with Crippen molar-refractivity contribution in [2.75, 3.05) is 14.2 Å². The Balaban J connectivity index is 2.28. The van der Waals surface area contributed by atoms with Gasteiger partial charge in [0.1, 0.15) is 11.5 Å². The molecule has 2 rings (SSSR count). The average molecular weight is 355 g/mol. The molecule has 4 nitrogen and oxygen atoms in total. The van der Waals surface area contributed by atoms with Crippen LogP contribution in [0.3, 0.4) is 0 Å². The first kappa shape index (κ1) is 19.8. The molecule has 0 aliphatic rings. The van der Waals surface area contributed by atoms with Crippen molar-refractivity contribution in [1.82, 2.24) is 5.32 Å². The molecular weight excluding hydrogens is 326 g/mol. The van der Waals surface area contributed by atoms with E-state index in [1.54, 1.807) is 14.2 Å². The third-order valence-electron chi connectivity index (χ3n) is 4.68. The van der Waals surface area contributed by atoms with Crippen molar-refractivity contribution in [1.29, 1.82) is 0 Å². The van der Waals surface area contributed by atoms with Gasteiger partial charge < -0.3 is 14.8 Å². The van der Waals surface area contributed by atoms with E-state index in [1.165, 1.54) is 0 Å². The summed E-state index contributed by atoms with van der Waals surface area (Å²) in [6.45, 7) is 8.20. The lowest BCUT2D eigenvalue weighted by molar-refractivity contribution is 0.0935. The molecule has 0 saturated carbocycles. The van der Waals surface area contributed by atoms with Crippen LogP contribution in [0.2, 0.25) is 0 Å². The summed E-state index contributed by atoms with van der Waals surface area (Å²) in [4.78, 5) is 12.9. The van der Waals surface area contributed by atoms with E-state index in [2.05, 4.69) is 26.1 Å². The number of carbonyl (C=O) groups is 1. The number of amides is 1. The maximum absolute atomic E-state index is 12.9. The van der Waals surface area contributed by atoms with Gasteiger partial charge in [0.2, 0.25) is 0 Å². The molecule has 0 aliphatic heterocycles. The molecule has 2 aromatic rings. The lowest BCUT2D eigenvalue weighted by atomic mass is 9.95. The maximum atomic E-state index is 12.9. The van der Waals surface area contributed by atoms with Gasteiger partial charge in [-0.2, -0.15) is 0 Å². The van der Waals surface area contributed by atoms with Crippen molar-refractivity contribution in [3.8, 4) is 11.5 Å². The SMILES string of the molecule is CC[C@H](NC(=O)c1cc(C(C)C)c(OC)cc1C)c1ccc(OC)cc1. The van der Waals surface area contributed by atoms with Crippen LogP contribution in [0.25, 0.3) is 0 Å². The second-order valence-corrected chi connectivity index (χ2v) is 6.77. The van der Waals surface area contributed by atoms with Gasteiger partial charge in [-0.1, -0.05) is 32.9 Å². The second kappa shape index (κ2) is 8.75. The number of hydrogen-bond acceptors (Lipinski definition) is 3. The van der Waals surface area contributed by atoms with Crippen LogP contribution in [0.15, 0.2) is 36.4 Å². The Hall–Kier alpha value is -2.49. The van der Waals surface area contributed by atoms with Gasteiger partial charge in [0.05, 0.1) is 20.3 Å². The lowest BCUT2D eigenvalue weighted by Gasteiger charge is -2.20. The molecular formula is C22H29NO3. The molecule has 0 heterocycles. The minimum atomic E-state index is -0.0604. The monoisotopic (exact) mass is 355 g/mol. The highest BCUT2D eigenvalue weighted by atomic mass is 16.5. The summed E-state index contributed by atoms with van der Waals surface area (Å²) < 4.78 is 10.7. The second-order valence-electron chi connectivity index (χ2n) is 6.77. The average Bonchev–Trinajstić information content (AvgIpc) is 2.65. The van der Waals surface area contributed by atoms with E-state index < -0.39 is 0 Å². The zero-order chi connectivity index (χ0) is 19.3. The Kier molecular flexibility index (Phi) is 6.67. The van der Waals surface area contributed by atoms with Crippen LogP contribution in [0.4, 0.5) is 0 Å². The molecule has 2 aromatic carbocycles. The Morgan fingerprint density at radius 1 is 1.08 bits per heavy atom. The first-order valence-electron chi connectivity index (χ1n) is 9.04. The molecule has 1 N–H and O–H groups in total. The van der Waals surface area contributed by atoms with Gasteiger partial charge in [0.25, 0.3) is 5.91 Å². The number of methoxy groups -OCH3 is 2. The molecule has 1 atom stereocenters. The van der Waals surface area contributed by atoms with Crippen LogP contribution < -0.4 is 14.8 Å². The van der Waals surface area contributed by atoms with Gasteiger partial charge in [0, 0.05) is 5.56 Å². The molecule has 0 fully saturated rings. The summed E-state index contributed by atoms with van der Waals surface area (Å²) in [6, 6.07) is 11.7. The van der Waals surface area contributed by atoms with Gasteiger partial charge in [-0.15, -0.1) is 0 Å². The number of rotatable bonds is 7. The number of carbonyl (C=O) groups excluding carboxylic acids is 1. The van der Waals surface area contributed by atoms with Gasteiger partial charge in [-0.25, -0.2) is 0 Å². The molecule has 26 heavy (non-hydrogen) atoms. The first-order valence-corrected chi connectivity index (χ1v) is 9.04. The predicted molar refractivity (Wildman–Crippen MR) is 105 cm³/mol. The quantitative estimate of drug-likeness (QED) is 0.759. The fourth-order valence-corrected chi connectivity index (χ4v) is 3.06. The topological polar surface area (TPSA) is 47.6 Å². The highest BCUT2D eigenvalue weighted by molar-refractivity contribution is 5.96. The van der Waals surface area contributed by atoms with Crippen molar-refractivity contribution in [3.63, 3.8) is 0 Å². The van der Waals surface area contributed by atoms with E-state index in [-0.39, 0.29) is 17.9 Å². The van der Waals surface area contributed by atoms with Gasteiger partial charge in [-0.3, -0.25) is 4.79 Å². The number of aryl methyl sites for hydroxylation is 1. The number of ether oxygens (including phenoxy) is 2. The molecule has 0 spiro atoms. The Morgan fingerprint density at radius 3 is 2.23 bits per heavy atom. The largest absolute Gasteiger partial charge is 0.497 e. The van der Waals surface area contributed by atoms with Gasteiger partial charge in [0.15, 0.2) is 0 Å². The minimum absolute atomic E-state index is 0.0441. The van der Waals surface area contributed by atoms with Crippen LogP contribution in [0.5, 0.6) is 11.5 Å².